The molecule has 1 aliphatic carbocycles. The summed E-state index contributed by atoms with van der Waals surface area (Å²) in [5.74, 6) is -0.456. The predicted octanol–water partition coefficient (Wildman–Crippen LogP) is 1.02. The van der Waals surface area contributed by atoms with E-state index in [2.05, 4.69) is 14.9 Å². The van der Waals surface area contributed by atoms with Crippen molar-refractivity contribution in [3.05, 3.63) is 18.5 Å². The molecule has 124 valence electrons. The number of hydrogen-bond donors (Lipinski definition) is 1. The Hall–Kier alpha value is -2.18. The minimum atomic E-state index is -0.770. The number of aromatic nitrogens is 2. The van der Waals surface area contributed by atoms with E-state index in [1.807, 2.05) is 4.90 Å². The van der Waals surface area contributed by atoms with E-state index in [-0.39, 0.29) is 17.7 Å². The van der Waals surface area contributed by atoms with Gasteiger partial charge in [-0.25, -0.2) is 9.97 Å². The zero-order chi connectivity index (χ0) is 16.2. The fourth-order valence-electron chi connectivity index (χ4n) is 3.48. The molecule has 1 saturated heterocycles. The Balaban J connectivity index is 1.55. The minimum absolute atomic E-state index is 0.115. The third-order valence-electron chi connectivity index (χ3n) is 4.80. The summed E-state index contributed by atoms with van der Waals surface area (Å²) >= 11 is 0. The number of nitrogens with zero attached hydrogens (tertiary/aromatic N) is 4. The number of carboxylic acid groups (broad SMARTS) is 1. The van der Waals surface area contributed by atoms with Gasteiger partial charge in [-0.05, 0) is 25.3 Å². The number of anilines is 1. The van der Waals surface area contributed by atoms with Crippen LogP contribution in [0.25, 0.3) is 0 Å². The smallest absolute Gasteiger partial charge is 0.306 e. The third kappa shape index (κ3) is 3.60. The van der Waals surface area contributed by atoms with Crippen LogP contribution in [0.5, 0.6) is 0 Å². The summed E-state index contributed by atoms with van der Waals surface area (Å²) in [6.07, 6.45) is 6.24. The molecule has 1 saturated carbocycles. The molecule has 0 radical (unpaired) electrons. The molecule has 2 aliphatic rings. The van der Waals surface area contributed by atoms with Crippen LogP contribution in [-0.4, -0.2) is 58.0 Å². The molecule has 2 fully saturated rings. The Morgan fingerprint density at radius 3 is 2.35 bits per heavy atom. The maximum absolute atomic E-state index is 12.6. The van der Waals surface area contributed by atoms with Gasteiger partial charge < -0.3 is 14.9 Å². The average Bonchev–Trinajstić information content (AvgIpc) is 2.62. The zero-order valence-corrected chi connectivity index (χ0v) is 13.1. The Morgan fingerprint density at radius 2 is 1.70 bits per heavy atom. The highest BCUT2D eigenvalue weighted by Gasteiger charge is 2.34. The van der Waals surface area contributed by atoms with Gasteiger partial charge in [-0.3, -0.25) is 9.59 Å². The minimum Gasteiger partial charge on any atom is -0.481 e. The van der Waals surface area contributed by atoms with Crippen molar-refractivity contribution in [2.75, 3.05) is 31.1 Å². The molecule has 1 aromatic heterocycles. The van der Waals surface area contributed by atoms with Crippen molar-refractivity contribution in [1.29, 1.82) is 0 Å². The summed E-state index contributed by atoms with van der Waals surface area (Å²) in [6, 6.07) is 1.78. The molecular weight excluding hydrogens is 296 g/mol. The van der Waals surface area contributed by atoms with E-state index in [0.29, 0.717) is 45.0 Å². The number of hydrogen-bond acceptors (Lipinski definition) is 5. The van der Waals surface area contributed by atoms with E-state index in [4.69, 9.17) is 5.11 Å². The highest BCUT2D eigenvalue weighted by molar-refractivity contribution is 5.80. The molecule has 23 heavy (non-hydrogen) atoms. The van der Waals surface area contributed by atoms with Gasteiger partial charge in [0.2, 0.25) is 11.9 Å². The molecule has 0 bridgehead atoms. The van der Waals surface area contributed by atoms with Crippen molar-refractivity contribution in [3.63, 3.8) is 0 Å². The molecule has 1 amide bonds. The second-order valence-electron chi connectivity index (χ2n) is 6.26. The molecule has 1 N–H and O–H groups in total. The zero-order valence-electron chi connectivity index (χ0n) is 13.1. The van der Waals surface area contributed by atoms with Crippen molar-refractivity contribution in [2.45, 2.75) is 25.7 Å². The molecule has 7 nitrogen and oxygen atoms in total. The first-order valence-corrected chi connectivity index (χ1v) is 8.18. The quantitative estimate of drug-likeness (QED) is 0.895. The number of carbonyl (C=O) groups excluding carboxylic acids is 1. The van der Waals surface area contributed by atoms with E-state index in [1.54, 1.807) is 18.5 Å². The maximum Gasteiger partial charge on any atom is 0.306 e. The molecular formula is C16H22N4O3. The molecule has 2 atom stereocenters. The number of amides is 1. The van der Waals surface area contributed by atoms with Gasteiger partial charge in [-0.15, -0.1) is 0 Å². The first kappa shape index (κ1) is 15.7. The fraction of sp³-hybridized carbons (Fsp3) is 0.625. The van der Waals surface area contributed by atoms with Crippen LogP contribution in [-0.2, 0) is 9.59 Å². The second-order valence-corrected chi connectivity index (χ2v) is 6.26. The number of carboxylic acids is 1. The topological polar surface area (TPSA) is 86.6 Å². The highest BCUT2D eigenvalue weighted by atomic mass is 16.4. The molecule has 1 aliphatic heterocycles. The normalized spacial score (nSPS) is 25.2. The Labute approximate surface area is 135 Å². The third-order valence-corrected chi connectivity index (χ3v) is 4.80. The monoisotopic (exact) mass is 318 g/mol. The highest BCUT2D eigenvalue weighted by Crippen LogP contribution is 2.30. The van der Waals surface area contributed by atoms with Crippen LogP contribution in [0.3, 0.4) is 0 Å². The van der Waals surface area contributed by atoms with Gasteiger partial charge >= 0.3 is 5.97 Å². The summed E-state index contributed by atoms with van der Waals surface area (Å²) in [5.41, 5.74) is 0. The summed E-state index contributed by atoms with van der Waals surface area (Å²) < 4.78 is 0. The van der Waals surface area contributed by atoms with E-state index in [9.17, 15) is 9.59 Å². The molecule has 2 heterocycles. The largest absolute Gasteiger partial charge is 0.481 e. The Kier molecular flexibility index (Phi) is 4.73. The lowest BCUT2D eigenvalue weighted by Crippen LogP contribution is -2.51. The Morgan fingerprint density at radius 1 is 1.04 bits per heavy atom. The number of carbonyl (C=O) groups is 2. The van der Waals surface area contributed by atoms with Crippen LogP contribution in [0.4, 0.5) is 5.95 Å². The van der Waals surface area contributed by atoms with Gasteiger partial charge in [0.05, 0.1) is 5.92 Å². The van der Waals surface area contributed by atoms with Gasteiger partial charge in [-0.2, -0.15) is 0 Å². The first-order chi connectivity index (χ1) is 11.1. The summed E-state index contributed by atoms with van der Waals surface area (Å²) in [6.45, 7) is 2.71. The van der Waals surface area contributed by atoms with Gasteiger partial charge in [0, 0.05) is 44.5 Å². The second kappa shape index (κ2) is 6.93. The van der Waals surface area contributed by atoms with Crippen LogP contribution < -0.4 is 4.90 Å². The SMILES string of the molecule is O=C(O)C1CCCC(C(=O)N2CCN(c3ncccn3)CC2)C1. The van der Waals surface area contributed by atoms with Crippen molar-refractivity contribution >= 4 is 17.8 Å². The molecule has 1 aromatic rings. The van der Waals surface area contributed by atoms with Gasteiger partial charge in [0.1, 0.15) is 0 Å². The lowest BCUT2D eigenvalue weighted by atomic mass is 9.80. The van der Waals surface area contributed by atoms with Crippen LogP contribution in [0.15, 0.2) is 18.5 Å². The molecule has 3 rings (SSSR count). The van der Waals surface area contributed by atoms with Crippen molar-refractivity contribution in [2.24, 2.45) is 11.8 Å². The predicted molar refractivity (Wildman–Crippen MR) is 83.9 cm³/mol. The fourth-order valence-corrected chi connectivity index (χ4v) is 3.48. The average molecular weight is 318 g/mol. The molecule has 2 unspecified atom stereocenters. The summed E-state index contributed by atoms with van der Waals surface area (Å²) in [7, 11) is 0. The molecule has 0 aromatic carbocycles. The Bertz CT molecular complexity index is 558. The number of piperazine rings is 1. The lowest BCUT2D eigenvalue weighted by Gasteiger charge is -2.37. The standard InChI is InChI=1S/C16H22N4O3/c21-14(12-3-1-4-13(11-12)15(22)23)19-7-9-20(10-8-19)16-17-5-2-6-18-16/h2,5-6,12-13H,1,3-4,7-11H2,(H,22,23). The molecule has 7 heteroatoms. The van der Waals surface area contributed by atoms with Crippen LogP contribution in [0, 0.1) is 11.8 Å². The molecule has 0 spiro atoms. The first-order valence-electron chi connectivity index (χ1n) is 8.18. The number of rotatable bonds is 3. The van der Waals surface area contributed by atoms with Gasteiger partial charge in [-0.1, -0.05) is 6.42 Å². The van der Waals surface area contributed by atoms with E-state index < -0.39 is 5.97 Å². The van der Waals surface area contributed by atoms with Crippen molar-refractivity contribution in [1.82, 2.24) is 14.9 Å². The van der Waals surface area contributed by atoms with E-state index in [0.717, 1.165) is 12.8 Å². The van der Waals surface area contributed by atoms with Crippen LogP contribution >= 0.6 is 0 Å². The van der Waals surface area contributed by atoms with E-state index >= 15 is 0 Å². The summed E-state index contributed by atoms with van der Waals surface area (Å²) in [5, 5.41) is 9.16. The van der Waals surface area contributed by atoms with Gasteiger partial charge in [0.15, 0.2) is 0 Å². The van der Waals surface area contributed by atoms with Crippen molar-refractivity contribution < 1.29 is 14.7 Å². The van der Waals surface area contributed by atoms with Crippen LogP contribution in [0.2, 0.25) is 0 Å². The van der Waals surface area contributed by atoms with E-state index in [1.165, 1.54) is 0 Å². The maximum atomic E-state index is 12.6. The van der Waals surface area contributed by atoms with Crippen LogP contribution in [0.1, 0.15) is 25.7 Å². The van der Waals surface area contributed by atoms with Crippen molar-refractivity contribution in [3.8, 4) is 0 Å². The number of aliphatic carboxylic acids is 1. The summed E-state index contributed by atoms with van der Waals surface area (Å²) in [4.78, 5) is 36.2. The van der Waals surface area contributed by atoms with Gasteiger partial charge in [0.25, 0.3) is 0 Å². The lowest BCUT2D eigenvalue weighted by molar-refractivity contribution is -0.145.